The van der Waals surface area contributed by atoms with Crippen molar-refractivity contribution in [3.63, 3.8) is 0 Å². The Labute approximate surface area is 155 Å². The molecular formula is C24H49. The SMILES string of the molecule is CCCCCCCC([CH]C(CCC)CCCCCC)CCCCC. The lowest BCUT2D eigenvalue weighted by atomic mass is 9.82. The van der Waals surface area contributed by atoms with Crippen molar-refractivity contribution in [1.29, 1.82) is 0 Å². The average molecular weight is 338 g/mol. The van der Waals surface area contributed by atoms with Crippen molar-refractivity contribution in [3.05, 3.63) is 6.42 Å². The second-order valence-electron chi connectivity index (χ2n) is 8.05. The first-order valence-corrected chi connectivity index (χ1v) is 11.6. The predicted molar refractivity (Wildman–Crippen MR) is 112 cm³/mol. The summed E-state index contributed by atoms with van der Waals surface area (Å²) in [6.07, 6.45) is 27.0. The molecule has 0 aromatic heterocycles. The van der Waals surface area contributed by atoms with Gasteiger partial charge in [-0.25, -0.2) is 0 Å². The number of hydrogen-bond acceptors (Lipinski definition) is 0. The smallest absolute Gasteiger partial charge is 0.0324 e. The fourth-order valence-electron chi connectivity index (χ4n) is 3.93. The van der Waals surface area contributed by atoms with Gasteiger partial charge >= 0.3 is 0 Å². The number of hydrogen-bond donors (Lipinski definition) is 0. The third-order valence-corrected chi connectivity index (χ3v) is 5.49. The second kappa shape index (κ2) is 19.3. The van der Waals surface area contributed by atoms with Gasteiger partial charge in [-0.05, 0) is 18.3 Å². The second-order valence-corrected chi connectivity index (χ2v) is 8.05. The third-order valence-electron chi connectivity index (χ3n) is 5.49. The summed E-state index contributed by atoms with van der Waals surface area (Å²) in [5.41, 5.74) is 0. The summed E-state index contributed by atoms with van der Waals surface area (Å²) >= 11 is 0. The van der Waals surface area contributed by atoms with E-state index in [1.165, 1.54) is 109 Å². The highest BCUT2D eigenvalue weighted by atomic mass is 14.2. The van der Waals surface area contributed by atoms with E-state index in [4.69, 9.17) is 0 Å². The van der Waals surface area contributed by atoms with Gasteiger partial charge in [0, 0.05) is 0 Å². The summed E-state index contributed by atoms with van der Waals surface area (Å²) in [5.74, 6) is 1.80. The van der Waals surface area contributed by atoms with E-state index in [1.54, 1.807) is 0 Å². The van der Waals surface area contributed by atoms with Gasteiger partial charge in [0.2, 0.25) is 0 Å². The van der Waals surface area contributed by atoms with E-state index in [1.807, 2.05) is 0 Å². The Morgan fingerprint density at radius 1 is 0.417 bits per heavy atom. The van der Waals surface area contributed by atoms with Gasteiger partial charge in [-0.1, -0.05) is 137 Å². The molecule has 0 aliphatic rings. The van der Waals surface area contributed by atoms with Crippen LogP contribution in [0.2, 0.25) is 0 Å². The summed E-state index contributed by atoms with van der Waals surface area (Å²) in [4.78, 5) is 0. The van der Waals surface area contributed by atoms with E-state index < -0.39 is 0 Å². The van der Waals surface area contributed by atoms with Crippen molar-refractivity contribution in [3.8, 4) is 0 Å². The molecule has 0 heterocycles. The summed E-state index contributed by atoms with van der Waals surface area (Å²) in [6, 6.07) is 0. The summed E-state index contributed by atoms with van der Waals surface area (Å²) in [6.45, 7) is 9.33. The maximum atomic E-state index is 2.81. The minimum absolute atomic E-state index is 0.897. The lowest BCUT2D eigenvalue weighted by Crippen LogP contribution is -2.11. The standard InChI is InChI=1S/C24H49/c1-5-9-12-14-17-21-24(19-15-11-7-3)22-23(18-8-4)20-16-13-10-6-2/h22-24H,5-21H2,1-4H3. The van der Waals surface area contributed by atoms with E-state index in [-0.39, 0.29) is 0 Å². The molecule has 0 heteroatoms. The van der Waals surface area contributed by atoms with Crippen molar-refractivity contribution in [2.24, 2.45) is 11.8 Å². The molecule has 0 fully saturated rings. The molecule has 0 rings (SSSR count). The molecule has 0 aromatic rings. The molecule has 0 N–H and O–H groups in total. The zero-order valence-corrected chi connectivity index (χ0v) is 17.8. The number of rotatable bonds is 19. The fourth-order valence-corrected chi connectivity index (χ4v) is 3.93. The normalized spacial score (nSPS) is 14.0. The van der Waals surface area contributed by atoms with Crippen LogP contribution >= 0.6 is 0 Å². The molecule has 0 aliphatic heterocycles. The topological polar surface area (TPSA) is 0 Å². The lowest BCUT2D eigenvalue weighted by molar-refractivity contribution is 0.373. The molecule has 0 saturated heterocycles. The summed E-state index contributed by atoms with van der Waals surface area (Å²) in [5, 5.41) is 0. The molecule has 0 aromatic carbocycles. The molecule has 0 nitrogen and oxygen atoms in total. The lowest BCUT2D eigenvalue weighted by Gasteiger charge is -2.23. The van der Waals surface area contributed by atoms with Crippen LogP contribution in [0.5, 0.6) is 0 Å². The van der Waals surface area contributed by atoms with Gasteiger partial charge in [0.15, 0.2) is 0 Å². The highest BCUT2D eigenvalue weighted by molar-refractivity contribution is 4.84. The molecule has 0 aliphatic carbocycles. The van der Waals surface area contributed by atoms with Crippen molar-refractivity contribution in [2.45, 2.75) is 137 Å². The average Bonchev–Trinajstić information content (AvgIpc) is 2.58. The maximum Gasteiger partial charge on any atom is -0.0324 e. The predicted octanol–water partition coefficient (Wildman–Crippen LogP) is 9.13. The largest absolute Gasteiger partial charge is 0.0654 e. The molecule has 2 atom stereocenters. The monoisotopic (exact) mass is 337 g/mol. The van der Waals surface area contributed by atoms with Crippen molar-refractivity contribution in [2.75, 3.05) is 0 Å². The highest BCUT2D eigenvalue weighted by Crippen LogP contribution is 2.29. The molecule has 2 unspecified atom stereocenters. The minimum atomic E-state index is 0.897. The minimum Gasteiger partial charge on any atom is -0.0654 e. The first-order chi connectivity index (χ1) is 11.8. The zero-order valence-electron chi connectivity index (χ0n) is 17.8. The van der Waals surface area contributed by atoms with Crippen LogP contribution in [0.1, 0.15) is 137 Å². The van der Waals surface area contributed by atoms with Crippen LogP contribution in [0.15, 0.2) is 0 Å². The first-order valence-electron chi connectivity index (χ1n) is 11.6. The third kappa shape index (κ3) is 15.5. The van der Waals surface area contributed by atoms with Gasteiger partial charge in [0.05, 0.1) is 0 Å². The first kappa shape index (κ1) is 24.0. The van der Waals surface area contributed by atoms with Gasteiger partial charge in [-0.2, -0.15) is 0 Å². The van der Waals surface area contributed by atoms with Gasteiger partial charge in [0.1, 0.15) is 0 Å². The van der Waals surface area contributed by atoms with Gasteiger partial charge in [0.25, 0.3) is 0 Å². The Bertz CT molecular complexity index is 220. The van der Waals surface area contributed by atoms with Gasteiger partial charge in [-0.15, -0.1) is 0 Å². The van der Waals surface area contributed by atoms with E-state index in [0.717, 1.165) is 11.8 Å². The van der Waals surface area contributed by atoms with Crippen LogP contribution in [0.25, 0.3) is 0 Å². The molecule has 24 heavy (non-hydrogen) atoms. The van der Waals surface area contributed by atoms with E-state index in [9.17, 15) is 0 Å². The van der Waals surface area contributed by atoms with Crippen LogP contribution in [-0.2, 0) is 0 Å². The van der Waals surface area contributed by atoms with Gasteiger partial charge in [-0.3, -0.25) is 0 Å². The van der Waals surface area contributed by atoms with Gasteiger partial charge < -0.3 is 0 Å². The van der Waals surface area contributed by atoms with Crippen LogP contribution in [-0.4, -0.2) is 0 Å². The van der Waals surface area contributed by atoms with Crippen molar-refractivity contribution in [1.82, 2.24) is 0 Å². The molecule has 0 saturated carbocycles. The van der Waals surface area contributed by atoms with Crippen molar-refractivity contribution >= 4 is 0 Å². The molecular weight excluding hydrogens is 288 g/mol. The maximum absolute atomic E-state index is 2.81. The van der Waals surface area contributed by atoms with Crippen LogP contribution < -0.4 is 0 Å². The van der Waals surface area contributed by atoms with E-state index in [2.05, 4.69) is 34.1 Å². The number of unbranched alkanes of at least 4 members (excludes halogenated alkanes) is 9. The zero-order chi connectivity index (χ0) is 17.9. The summed E-state index contributed by atoms with van der Waals surface area (Å²) in [7, 11) is 0. The van der Waals surface area contributed by atoms with Crippen LogP contribution in [0, 0.1) is 18.3 Å². The molecule has 0 amide bonds. The molecule has 0 spiro atoms. The Balaban J connectivity index is 4.20. The van der Waals surface area contributed by atoms with Crippen molar-refractivity contribution < 1.29 is 0 Å². The molecule has 1 radical (unpaired) electrons. The highest BCUT2D eigenvalue weighted by Gasteiger charge is 2.16. The quantitative estimate of drug-likeness (QED) is 0.206. The van der Waals surface area contributed by atoms with E-state index in [0.29, 0.717) is 0 Å². The Hall–Kier alpha value is 0. The molecule has 0 bridgehead atoms. The Kier molecular flexibility index (Phi) is 19.3. The summed E-state index contributed by atoms with van der Waals surface area (Å²) < 4.78 is 0. The Morgan fingerprint density at radius 3 is 1.29 bits per heavy atom. The van der Waals surface area contributed by atoms with Crippen LogP contribution in [0.3, 0.4) is 0 Å². The Morgan fingerprint density at radius 2 is 0.792 bits per heavy atom. The molecule has 145 valence electrons. The van der Waals surface area contributed by atoms with E-state index >= 15 is 0 Å². The van der Waals surface area contributed by atoms with Crippen LogP contribution in [0.4, 0.5) is 0 Å². The fraction of sp³-hybridized carbons (Fsp3) is 0.958.